The molecule has 2 amide bonds. The molecule has 1 fully saturated rings. The molecule has 0 radical (unpaired) electrons. The summed E-state index contributed by atoms with van der Waals surface area (Å²) >= 11 is 11.8. The van der Waals surface area contributed by atoms with Gasteiger partial charge in [-0.25, -0.2) is 0 Å². The van der Waals surface area contributed by atoms with Gasteiger partial charge in [0.05, 0.1) is 6.42 Å². The second kappa shape index (κ2) is 8.56. The third kappa shape index (κ3) is 4.99. The highest BCUT2D eigenvalue weighted by molar-refractivity contribution is 6.31. The summed E-state index contributed by atoms with van der Waals surface area (Å²) in [7, 11) is 0. The fraction of sp³-hybridized carbons (Fsp3) is 0.300. The van der Waals surface area contributed by atoms with Crippen molar-refractivity contribution in [2.75, 3.05) is 13.1 Å². The SMILES string of the molecule is O=C(NC1CCN(C(=O)Cc2ccc(Cl)cc2)CC1)c1cccc(Cl)c1. The van der Waals surface area contributed by atoms with Gasteiger partial charge in [0.25, 0.3) is 5.91 Å². The Kier molecular flexibility index (Phi) is 6.17. The van der Waals surface area contributed by atoms with E-state index in [2.05, 4.69) is 5.32 Å². The van der Waals surface area contributed by atoms with E-state index in [4.69, 9.17) is 23.2 Å². The summed E-state index contributed by atoms with van der Waals surface area (Å²) in [6.07, 6.45) is 1.87. The van der Waals surface area contributed by atoms with E-state index in [1.165, 1.54) is 0 Å². The lowest BCUT2D eigenvalue weighted by atomic mass is 10.0. The van der Waals surface area contributed by atoms with Gasteiger partial charge in [0.2, 0.25) is 5.91 Å². The predicted molar refractivity (Wildman–Crippen MR) is 104 cm³/mol. The summed E-state index contributed by atoms with van der Waals surface area (Å²) in [6.45, 7) is 1.29. The standard InChI is InChI=1S/C20H20Cl2N2O2/c21-16-6-4-14(5-7-16)12-19(25)24-10-8-18(9-11-24)23-20(26)15-2-1-3-17(22)13-15/h1-7,13,18H,8-12H2,(H,23,26). The van der Waals surface area contributed by atoms with Crippen LogP contribution in [-0.2, 0) is 11.2 Å². The van der Waals surface area contributed by atoms with Crippen LogP contribution < -0.4 is 5.32 Å². The van der Waals surface area contributed by atoms with Gasteiger partial charge in [-0.3, -0.25) is 9.59 Å². The highest BCUT2D eigenvalue weighted by Crippen LogP contribution is 2.16. The number of rotatable bonds is 4. The lowest BCUT2D eigenvalue weighted by Crippen LogP contribution is -2.47. The summed E-state index contributed by atoms with van der Waals surface area (Å²) in [5.74, 6) is -0.0228. The van der Waals surface area contributed by atoms with Crippen LogP contribution in [0.1, 0.15) is 28.8 Å². The zero-order valence-corrected chi connectivity index (χ0v) is 15.8. The lowest BCUT2D eigenvalue weighted by molar-refractivity contribution is -0.131. The summed E-state index contributed by atoms with van der Waals surface area (Å²) in [5, 5.41) is 4.23. The van der Waals surface area contributed by atoms with Crippen molar-refractivity contribution in [1.82, 2.24) is 10.2 Å². The number of halogens is 2. The number of carbonyl (C=O) groups excluding carboxylic acids is 2. The normalized spacial score (nSPS) is 14.9. The van der Waals surface area contributed by atoms with Crippen LogP contribution in [0.25, 0.3) is 0 Å². The number of piperidine rings is 1. The molecule has 4 nitrogen and oxygen atoms in total. The smallest absolute Gasteiger partial charge is 0.251 e. The van der Waals surface area contributed by atoms with Crippen molar-refractivity contribution in [3.05, 3.63) is 69.7 Å². The predicted octanol–water partition coefficient (Wildman–Crippen LogP) is 3.96. The van der Waals surface area contributed by atoms with Gasteiger partial charge in [-0.2, -0.15) is 0 Å². The number of likely N-dealkylation sites (tertiary alicyclic amines) is 1. The molecule has 136 valence electrons. The average molecular weight is 391 g/mol. The molecule has 1 heterocycles. The Labute approximate surface area is 163 Å². The van der Waals surface area contributed by atoms with E-state index < -0.39 is 0 Å². The van der Waals surface area contributed by atoms with E-state index in [1.807, 2.05) is 17.0 Å². The van der Waals surface area contributed by atoms with E-state index in [9.17, 15) is 9.59 Å². The topological polar surface area (TPSA) is 49.4 Å². The third-order valence-electron chi connectivity index (χ3n) is 4.54. The summed E-state index contributed by atoms with van der Waals surface area (Å²) < 4.78 is 0. The Balaban J connectivity index is 1.48. The number of hydrogen-bond acceptors (Lipinski definition) is 2. The van der Waals surface area contributed by atoms with Gasteiger partial charge < -0.3 is 10.2 Å². The Hall–Kier alpha value is -2.04. The van der Waals surface area contributed by atoms with Crippen LogP contribution in [0.4, 0.5) is 0 Å². The second-order valence-electron chi connectivity index (χ2n) is 6.44. The van der Waals surface area contributed by atoms with Gasteiger partial charge in [0.1, 0.15) is 0 Å². The molecule has 6 heteroatoms. The first kappa shape index (κ1) is 18.7. The lowest BCUT2D eigenvalue weighted by Gasteiger charge is -2.32. The Morgan fingerprint density at radius 2 is 1.69 bits per heavy atom. The van der Waals surface area contributed by atoms with E-state index >= 15 is 0 Å². The van der Waals surface area contributed by atoms with Crippen molar-refractivity contribution in [2.45, 2.75) is 25.3 Å². The molecule has 2 aromatic carbocycles. The number of nitrogens with one attached hydrogen (secondary N) is 1. The van der Waals surface area contributed by atoms with Crippen molar-refractivity contribution in [1.29, 1.82) is 0 Å². The van der Waals surface area contributed by atoms with Gasteiger partial charge in [-0.15, -0.1) is 0 Å². The quantitative estimate of drug-likeness (QED) is 0.858. The first-order chi connectivity index (χ1) is 12.5. The highest BCUT2D eigenvalue weighted by atomic mass is 35.5. The molecule has 0 unspecified atom stereocenters. The number of benzene rings is 2. The van der Waals surface area contributed by atoms with Crippen molar-refractivity contribution in [3.8, 4) is 0 Å². The van der Waals surface area contributed by atoms with Crippen LogP contribution in [0.3, 0.4) is 0 Å². The van der Waals surface area contributed by atoms with Crippen LogP contribution in [-0.4, -0.2) is 35.8 Å². The van der Waals surface area contributed by atoms with Crippen LogP contribution in [0, 0.1) is 0 Å². The molecule has 0 bridgehead atoms. The molecular weight excluding hydrogens is 371 g/mol. The van der Waals surface area contributed by atoms with E-state index in [0.717, 1.165) is 18.4 Å². The maximum absolute atomic E-state index is 12.4. The molecule has 1 N–H and O–H groups in total. The Bertz CT molecular complexity index is 785. The molecule has 0 aliphatic carbocycles. The Morgan fingerprint density at radius 1 is 1.00 bits per heavy atom. The fourth-order valence-corrected chi connectivity index (χ4v) is 3.38. The minimum atomic E-state index is -0.126. The van der Waals surface area contributed by atoms with Gasteiger partial charge in [-0.05, 0) is 48.7 Å². The van der Waals surface area contributed by atoms with E-state index in [-0.39, 0.29) is 17.9 Å². The van der Waals surface area contributed by atoms with Crippen LogP contribution in [0.2, 0.25) is 10.0 Å². The summed E-state index contributed by atoms with van der Waals surface area (Å²) in [5.41, 5.74) is 1.51. The first-order valence-electron chi connectivity index (χ1n) is 8.60. The molecule has 0 saturated carbocycles. The molecule has 1 saturated heterocycles. The monoisotopic (exact) mass is 390 g/mol. The molecule has 2 aromatic rings. The number of amides is 2. The molecule has 0 spiro atoms. The largest absolute Gasteiger partial charge is 0.349 e. The van der Waals surface area contributed by atoms with Crippen molar-refractivity contribution < 1.29 is 9.59 Å². The first-order valence-corrected chi connectivity index (χ1v) is 9.35. The third-order valence-corrected chi connectivity index (χ3v) is 5.03. The van der Waals surface area contributed by atoms with Crippen LogP contribution in [0.5, 0.6) is 0 Å². The summed E-state index contributed by atoms with van der Waals surface area (Å²) in [4.78, 5) is 26.6. The molecule has 1 aliphatic heterocycles. The summed E-state index contributed by atoms with van der Waals surface area (Å²) in [6, 6.07) is 14.3. The van der Waals surface area contributed by atoms with Crippen molar-refractivity contribution in [2.24, 2.45) is 0 Å². The van der Waals surface area contributed by atoms with Gasteiger partial charge >= 0.3 is 0 Å². The molecular formula is C20H20Cl2N2O2. The molecule has 1 aliphatic rings. The maximum Gasteiger partial charge on any atom is 0.251 e. The van der Waals surface area contributed by atoms with Crippen molar-refractivity contribution >= 4 is 35.0 Å². The zero-order chi connectivity index (χ0) is 18.5. The van der Waals surface area contributed by atoms with E-state index in [0.29, 0.717) is 35.1 Å². The molecule has 26 heavy (non-hydrogen) atoms. The van der Waals surface area contributed by atoms with Crippen molar-refractivity contribution in [3.63, 3.8) is 0 Å². The molecule has 0 aromatic heterocycles. The number of hydrogen-bond donors (Lipinski definition) is 1. The van der Waals surface area contributed by atoms with Crippen LogP contribution in [0.15, 0.2) is 48.5 Å². The zero-order valence-electron chi connectivity index (χ0n) is 14.3. The maximum atomic E-state index is 12.4. The average Bonchev–Trinajstić information content (AvgIpc) is 2.64. The number of carbonyl (C=O) groups is 2. The fourth-order valence-electron chi connectivity index (χ4n) is 3.06. The van der Waals surface area contributed by atoms with Crippen LogP contribution >= 0.6 is 23.2 Å². The van der Waals surface area contributed by atoms with Gasteiger partial charge in [-0.1, -0.05) is 41.4 Å². The Morgan fingerprint density at radius 3 is 2.35 bits per heavy atom. The molecule has 0 atom stereocenters. The second-order valence-corrected chi connectivity index (χ2v) is 7.31. The highest BCUT2D eigenvalue weighted by Gasteiger charge is 2.24. The number of nitrogens with zero attached hydrogens (tertiary/aromatic N) is 1. The molecule has 3 rings (SSSR count). The van der Waals surface area contributed by atoms with E-state index in [1.54, 1.807) is 36.4 Å². The van der Waals surface area contributed by atoms with Gasteiger partial charge in [0.15, 0.2) is 0 Å². The minimum absolute atomic E-state index is 0.0704. The minimum Gasteiger partial charge on any atom is -0.349 e. The van der Waals surface area contributed by atoms with Gasteiger partial charge in [0, 0.05) is 34.7 Å².